The van der Waals surface area contributed by atoms with Crippen molar-refractivity contribution in [3.05, 3.63) is 18.2 Å². The van der Waals surface area contributed by atoms with Gasteiger partial charge in [0.25, 0.3) is 0 Å². The van der Waals surface area contributed by atoms with Gasteiger partial charge in [0.2, 0.25) is 5.91 Å². The number of carboxylic acids is 1. The maximum absolute atomic E-state index is 11.4. The van der Waals surface area contributed by atoms with Gasteiger partial charge in [-0.05, 0) is 6.92 Å². The van der Waals surface area contributed by atoms with Crippen LogP contribution in [-0.2, 0) is 16.6 Å². The van der Waals surface area contributed by atoms with E-state index in [1.807, 2.05) is 11.6 Å². The normalized spacial score (nSPS) is 12.1. The summed E-state index contributed by atoms with van der Waals surface area (Å²) in [6.45, 7) is 1.81. The molecule has 0 aromatic carbocycles. The van der Waals surface area contributed by atoms with Crippen LogP contribution in [0.2, 0.25) is 0 Å². The average molecular weight is 225 g/mol. The summed E-state index contributed by atoms with van der Waals surface area (Å²) in [7, 11) is 1.84. The number of nitrogens with one attached hydrogen (secondary N) is 1. The van der Waals surface area contributed by atoms with E-state index in [2.05, 4.69) is 10.3 Å². The van der Waals surface area contributed by atoms with E-state index in [1.165, 1.54) is 0 Å². The van der Waals surface area contributed by atoms with Crippen molar-refractivity contribution in [2.24, 2.45) is 7.05 Å². The van der Waals surface area contributed by atoms with Crippen LogP contribution in [0.5, 0.6) is 0 Å². The zero-order chi connectivity index (χ0) is 12.1. The molecule has 0 saturated heterocycles. The second kappa shape index (κ2) is 5.29. The molecule has 0 aliphatic carbocycles. The van der Waals surface area contributed by atoms with E-state index in [1.54, 1.807) is 19.3 Å². The van der Waals surface area contributed by atoms with Gasteiger partial charge in [0.05, 0.1) is 12.5 Å². The highest BCUT2D eigenvalue weighted by molar-refractivity contribution is 5.80. The number of carbonyl (C=O) groups excluding carboxylic acids is 1. The van der Waals surface area contributed by atoms with Crippen LogP contribution >= 0.6 is 0 Å². The average Bonchev–Trinajstić information content (AvgIpc) is 2.61. The fraction of sp³-hybridized carbons (Fsp3) is 0.500. The van der Waals surface area contributed by atoms with Crippen LogP contribution in [-0.4, -0.2) is 26.5 Å². The lowest BCUT2D eigenvalue weighted by atomic mass is 10.2. The molecule has 6 heteroatoms. The van der Waals surface area contributed by atoms with Crippen molar-refractivity contribution in [2.75, 3.05) is 0 Å². The van der Waals surface area contributed by atoms with Crippen LogP contribution in [0.25, 0.3) is 0 Å². The van der Waals surface area contributed by atoms with Gasteiger partial charge in [-0.2, -0.15) is 0 Å². The molecule has 1 rings (SSSR count). The summed E-state index contributed by atoms with van der Waals surface area (Å²) in [5, 5.41) is 11.1. The zero-order valence-electron chi connectivity index (χ0n) is 9.30. The van der Waals surface area contributed by atoms with Crippen molar-refractivity contribution in [2.45, 2.75) is 25.8 Å². The molecule has 0 spiro atoms. The van der Waals surface area contributed by atoms with Gasteiger partial charge in [0.15, 0.2) is 0 Å². The third kappa shape index (κ3) is 3.38. The molecular formula is C10H15N3O3. The fourth-order valence-corrected chi connectivity index (χ4v) is 1.39. The molecule has 0 fully saturated rings. The molecule has 16 heavy (non-hydrogen) atoms. The Morgan fingerprint density at radius 2 is 2.25 bits per heavy atom. The number of hydrogen-bond donors (Lipinski definition) is 2. The molecular weight excluding hydrogens is 210 g/mol. The zero-order valence-corrected chi connectivity index (χ0v) is 9.30. The van der Waals surface area contributed by atoms with Gasteiger partial charge in [0.1, 0.15) is 5.82 Å². The van der Waals surface area contributed by atoms with Crippen LogP contribution in [0, 0.1) is 0 Å². The van der Waals surface area contributed by atoms with Crippen LogP contribution in [0.3, 0.4) is 0 Å². The monoisotopic (exact) mass is 225 g/mol. The number of carbonyl (C=O) groups is 2. The van der Waals surface area contributed by atoms with Gasteiger partial charge in [-0.3, -0.25) is 9.59 Å². The summed E-state index contributed by atoms with van der Waals surface area (Å²) in [4.78, 5) is 25.7. The van der Waals surface area contributed by atoms with Crippen molar-refractivity contribution < 1.29 is 14.7 Å². The summed E-state index contributed by atoms with van der Waals surface area (Å²) in [5.41, 5.74) is 0. The molecule has 1 atom stereocenters. The number of carboxylic acid groups (broad SMARTS) is 1. The molecule has 1 amide bonds. The summed E-state index contributed by atoms with van der Waals surface area (Å²) in [6, 6.07) is -0.221. The minimum Gasteiger partial charge on any atom is -0.481 e. The Morgan fingerprint density at radius 1 is 1.56 bits per heavy atom. The number of aryl methyl sites for hydroxylation is 1. The number of rotatable bonds is 5. The summed E-state index contributed by atoms with van der Waals surface area (Å²) in [6.07, 6.45) is 3.27. The number of hydrogen-bond acceptors (Lipinski definition) is 3. The highest BCUT2D eigenvalue weighted by Gasteiger charge is 2.13. The molecule has 1 aromatic heterocycles. The van der Waals surface area contributed by atoms with E-state index in [-0.39, 0.29) is 24.8 Å². The van der Waals surface area contributed by atoms with Crippen molar-refractivity contribution in [3.8, 4) is 0 Å². The molecule has 0 saturated carbocycles. The molecule has 0 bridgehead atoms. The summed E-state index contributed by atoms with van der Waals surface area (Å²) in [5.74, 6) is -0.513. The topological polar surface area (TPSA) is 84.2 Å². The number of imidazole rings is 1. The molecule has 2 N–H and O–H groups in total. The van der Waals surface area contributed by atoms with E-state index in [9.17, 15) is 9.59 Å². The smallest absolute Gasteiger partial charge is 0.303 e. The minimum absolute atomic E-state index is 0.00983. The SMILES string of the molecule is CC(NC(=O)CCC(=O)O)c1nccn1C. The lowest BCUT2D eigenvalue weighted by Crippen LogP contribution is -2.28. The maximum atomic E-state index is 11.4. The third-order valence-corrected chi connectivity index (χ3v) is 2.19. The molecule has 0 radical (unpaired) electrons. The number of aromatic nitrogens is 2. The second-order valence-electron chi connectivity index (χ2n) is 3.58. The quantitative estimate of drug-likeness (QED) is 0.762. The van der Waals surface area contributed by atoms with E-state index < -0.39 is 5.97 Å². The number of amides is 1. The van der Waals surface area contributed by atoms with Crippen molar-refractivity contribution in [1.29, 1.82) is 0 Å². The van der Waals surface area contributed by atoms with E-state index in [0.29, 0.717) is 0 Å². The number of aliphatic carboxylic acids is 1. The Labute approximate surface area is 93.3 Å². The first-order valence-corrected chi connectivity index (χ1v) is 4.99. The largest absolute Gasteiger partial charge is 0.481 e. The Morgan fingerprint density at radius 3 is 2.75 bits per heavy atom. The molecule has 0 aliphatic heterocycles. The van der Waals surface area contributed by atoms with Crippen LogP contribution in [0.15, 0.2) is 12.4 Å². The second-order valence-corrected chi connectivity index (χ2v) is 3.58. The van der Waals surface area contributed by atoms with Gasteiger partial charge >= 0.3 is 5.97 Å². The first kappa shape index (κ1) is 12.2. The summed E-state index contributed by atoms with van der Waals surface area (Å²) >= 11 is 0. The third-order valence-electron chi connectivity index (χ3n) is 2.19. The molecule has 0 aliphatic rings. The first-order valence-electron chi connectivity index (χ1n) is 4.99. The minimum atomic E-state index is -0.972. The van der Waals surface area contributed by atoms with Crippen molar-refractivity contribution >= 4 is 11.9 Å². The molecule has 1 unspecified atom stereocenters. The Hall–Kier alpha value is -1.85. The lowest BCUT2D eigenvalue weighted by molar-refractivity contribution is -0.138. The summed E-state index contributed by atoms with van der Waals surface area (Å²) < 4.78 is 1.81. The van der Waals surface area contributed by atoms with Crippen LogP contribution in [0.4, 0.5) is 0 Å². The Bertz CT molecular complexity index is 386. The van der Waals surface area contributed by atoms with Crippen molar-refractivity contribution in [1.82, 2.24) is 14.9 Å². The lowest BCUT2D eigenvalue weighted by Gasteiger charge is -2.13. The predicted molar refractivity (Wildman–Crippen MR) is 56.6 cm³/mol. The van der Waals surface area contributed by atoms with Gasteiger partial charge < -0.3 is 15.0 Å². The van der Waals surface area contributed by atoms with Gasteiger partial charge in [0, 0.05) is 25.9 Å². The van der Waals surface area contributed by atoms with Gasteiger partial charge in [-0.25, -0.2) is 4.98 Å². The van der Waals surface area contributed by atoms with Crippen LogP contribution < -0.4 is 5.32 Å². The van der Waals surface area contributed by atoms with E-state index in [4.69, 9.17) is 5.11 Å². The molecule has 1 heterocycles. The predicted octanol–water partition coefficient (Wildman–Crippen LogP) is 0.462. The maximum Gasteiger partial charge on any atom is 0.303 e. The highest BCUT2D eigenvalue weighted by atomic mass is 16.4. The van der Waals surface area contributed by atoms with Crippen molar-refractivity contribution in [3.63, 3.8) is 0 Å². The van der Waals surface area contributed by atoms with E-state index in [0.717, 1.165) is 5.82 Å². The molecule has 6 nitrogen and oxygen atoms in total. The van der Waals surface area contributed by atoms with Gasteiger partial charge in [-0.15, -0.1) is 0 Å². The van der Waals surface area contributed by atoms with Gasteiger partial charge in [-0.1, -0.05) is 0 Å². The Balaban J connectivity index is 2.46. The highest BCUT2D eigenvalue weighted by Crippen LogP contribution is 2.08. The fourth-order valence-electron chi connectivity index (χ4n) is 1.39. The van der Waals surface area contributed by atoms with Crippen LogP contribution in [0.1, 0.15) is 31.6 Å². The Kier molecular flexibility index (Phi) is 4.04. The molecule has 1 aromatic rings. The number of nitrogens with zero attached hydrogens (tertiary/aromatic N) is 2. The van der Waals surface area contributed by atoms with E-state index >= 15 is 0 Å². The molecule has 88 valence electrons. The standard InChI is InChI=1S/C10H15N3O3/c1-7(10-11-5-6-13(10)2)12-8(14)3-4-9(15)16/h5-7H,3-4H2,1-2H3,(H,12,14)(H,15,16). The first-order chi connectivity index (χ1) is 7.50.